The molecule has 1 unspecified atom stereocenters. The Bertz CT molecular complexity index is 240. The van der Waals surface area contributed by atoms with Gasteiger partial charge in [-0.1, -0.05) is 33.1 Å². The smallest absolute Gasteiger partial charge is 0.211 e. The molecule has 0 aliphatic heterocycles. The van der Waals surface area contributed by atoms with E-state index in [1.165, 1.54) is 0 Å². The van der Waals surface area contributed by atoms with Crippen LogP contribution < -0.4 is 10.5 Å². The van der Waals surface area contributed by atoms with E-state index in [0.717, 1.165) is 25.7 Å². The van der Waals surface area contributed by atoms with Gasteiger partial charge in [0, 0.05) is 12.6 Å². The number of hydrogen-bond donors (Lipinski definition) is 2. The summed E-state index contributed by atoms with van der Waals surface area (Å²) in [4.78, 5) is 0. The zero-order chi connectivity index (χ0) is 11.7. The third-order valence-electron chi connectivity index (χ3n) is 2.30. The molecule has 0 aromatic carbocycles. The number of rotatable bonds is 9. The molecule has 4 nitrogen and oxygen atoms in total. The maximum atomic E-state index is 11.6. The Hall–Kier alpha value is -0.130. The van der Waals surface area contributed by atoms with Crippen molar-refractivity contribution < 1.29 is 8.42 Å². The topological polar surface area (TPSA) is 72.2 Å². The molecule has 0 amide bonds. The van der Waals surface area contributed by atoms with Gasteiger partial charge in [-0.15, -0.1) is 0 Å². The van der Waals surface area contributed by atoms with Gasteiger partial charge in [0.15, 0.2) is 0 Å². The summed E-state index contributed by atoms with van der Waals surface area (Å²) in [6.45, 7) is 4.44. The van der Waals surface area contributed by atoms with Crippen LogP contribution in [0.2, 0.25) is 0 Å². The van der Waals surface area contributed by atoms with Crippen LogP contribution >= 0.6 is 0 Å². The number of unbranched alkanes of at least 4 members (excludes halogenated alkanes) is 2. The number of nitrogens with two attached hydrogens (primary N) is 1. The molecule has 3 N–H and O–H groups in total. The fourth-order valence-corrected chi connectivity index (χ4v) is 2.83. The van der Waals surface area contributed by atoms with Crippen molar-refractivity contribution in [1.82, 2.24) is 4.72 Å². The third kappa shape index (κ3) is 7.76. The standard InChI is InChI=1S/C10H24N2O2S/c1-3-5-7-10(9-11)12-15(13,14)8-6-4-2/h10,12H,3-9,11H2,1-2H3. The molecule has 0 fully saturated rings. The molecule has 5 heteroatoms. The maximum Gasteiger partial charge on any atom is 0.211 e. The van der Waals surface area contributed by atoms with Gasteiger partial charge in [-0.05, 0) is 12.8 Å². The Labute approximate surface area is 93.7 Å². The van der Waals surface area contributed by atoms with E-state index in [9.17, 15) is 8.42 Å². The van der Waals surface area contributed by atoms with Crippen LogP contribution in [0.3, 0.4) is 0 Å². The highest BCUT2D eigenvalue weighted by Gasteiger charge is 2.15. The quantitative estimate of drug-likeness (QED) is 0.632. The Morgan fingerprint density at radius 2 is 1.80 bits per heavy atom. The maximum absolute atomic E-state index is 11.6. The Morgan fingerprint density at radius 3 is 2.27 bits per heavy atom. The monoisotopic (exact) mass is 236 g/mol. The fraction of sp³-hybridized carbons (Fsp3) is 1.00. The minimum Gasteiger partial charge on any atom is -0.329 e. The Balaban J connectivity index is 4.03. The van der Waals surface area contributed by atoms with Gasteiger partial charge >= 0.3 is 0 Å². The van der Waals surface area contributed by atoms with Crippen LogP contribution in [0, 0.1) is 0 Å². The van der Waals surface area contributed by atoms with Gasteiger partial charge in [0.25, 0.3) is 0 Å². The minimum absolute atomic E-state index is 0.0909. The van der Waals surface area contributed by atoms with Crippen LogP contribution in [0.5, 0.6) is 0 Å². The van der Waals surface area contributed by atoms with Crippen LogP contribution in [0.4, 0.5) is 0 Å². The summed E-state index contributed by atoms with van der Waals surface area (Å²) in [5.74, 6) is 0.214. The van der Waals surface area contributed by atoms with Gasteiger partial charge in [0.2, 0.25) is 10.0 Å². The van der Waals surface area contributed by atoms with Crippen molar-refractivity contribution in [1.29, 1.82) is 0 Å². The summed E-state index contributed by atoms with van der Waals surface area (Å²) in [6.07, 6.45) is 4.51. The van der Waals surface area contributed by atoms with Gasteiger partial charge < -0.3 is 5.73 Å². The number of sulfonamides is 1. The number of hydrogen-bond acceptors (Lipinski definition) is 3. The highest BCUT2D eigenvalue weighted by molar-refractivity contribution is 7.89. The fourth-order valence-electron chi connectivity index (χ4n) is 1.32. The van der Waals surface area contributed by atoms with E-state index in [4.69, 9.17) is 5.73 Å². The molecule has 15 heavy (non-hydrogen) atoms. The SMILES string of the molecule is CCCCC(CN)NS(=O)(=O)CCCC. The Morgan fingerprint density at radius 1 is 1.20 bits per heavy atom. The summed E-state index contributed by atoms with van der Waals surface area (Å²) in [7, 11) is -3.12. The van der Waals surface area contributed by atoms with Crippen molar-refractivity contribution in [2.45, 2.75) is 52.0 Å². The van der Waals surface area contributed by atoms with Gasteiger partial charge in [-0.3, -0.25) is 0 Å². The summed E-state index contributed by atoms with van der Waals surface area (Å²) in [6, 6.07) is -0.0909. The summed E-state index contributed by atoms with van der Waals surface area (Å²) in [5.41, 5.74) is 5.52. The second kappa shape index (κ2) is 8.07. The molecular weight excluding hydrogens is 212 g/mol. The van der Waals surface area contributed by atoms with E-state index < -0.39 is 10.0 Å². The van der Waals surface area contributed by atoms with Crippen molar-refractivity contribution in [3.8, 4) is 0 Å². The van der Waals surface area contributed by atoms with Crippen LogP contribution in [-0.4, -0.2) is 26.8 Å². The first kappa shape index (κ1) is 14.9. The first-order valence-corrected chi connectivity index (χ1v) is 7.41. The Kier molecular flexibility index (Phi) is 8.00. The van der Waals surface area contributed by atoms with Crippen molar-refractivity contribution in [2.24, 2.45) is 5.73 Å². The van der Waals surface area contributed by atoms with E-state index in [0.29, 0.717) is 13.0 Å². The first-order valence-electron chi connectivity index (χ1n) is 5.75. The molecule has 0 heterocycles. The van der Waals surface area contributed by atoms with Crippen molar-refractivity contribution >= 4 is 10.0 Å². The van der Waals surface area contributed by atoms with E-state index >= 15 is 0 Å². The van der Waals surface area contributed by atoms with E-state index in [1.807, 2.05) is 6.92 Å². The molecule has 0 aliphatic carbocycles. The first-order chi connectivity index (χ1) is 7.05. The van der Waals surface area contributed by atoms with Gasteiger partial charge in [0.1, 0.15) is 0 Å². The van der Waals surface area contributed by atoms with Crippen molar-refractivity contribution in [2.75, 3.05) is 12.3 Å². The lowest BCUT2D eigenvalue weighted by Crippen LogP contribution is -2.41. The molecule has 0 saturated carbocycles. The highest BCUT2D eigenvalue weighted by Crippen LogP contribution is 2.02. The van der Waals surface area contributed by atoms with E-state index in [1.54, 1.807) is 0 Å². The molecule has 1 atom stereocenters. The summed E-state index contributed by atoms with van der Waals surface area (Å²) < 4.78 is 25.8. The lowest BCUT2D eigenvalue weighted by molar-refractivity contribution is 0.515. The molecule has 0 aromatic rings. The average molecular weight is 236 g/mol. The average Bonchev–Trinajstić information content (AvgIpc) is 2.21. The lowest BCUT2D eigenvalue weighted by Gasteiger charge is -2.16. The van der Waals surface area contributed by atoms with Gasteiger partial charge in [-0.25, -0.2) is 13.1 Å². The van der Waals surface area contributed by atoms with Crippen molar-refractivity contribution in [3.63, 3.8) is 0 Å². The molecular formula is C10H24N2O2S. The molecule has 0 spiro atoms. The van der Waals surface area contributed by atoms with E-state index in [2.05, 4.69) is 11.6 Å². The number of nitrogens with one attached hydrogen (secondary N) is 1. The van der Waals surface area contributed by atoms with Crippen LogP contribution in [0.15, 0.2) is 0 Å². The second-order valence-corrected chi connectivity index (χ2v) is 5.74. The molecule has 0 saturated heterocycles. The zero-order valence-electron chi connectivity index (χ0n) is 9.83. The predicted octanol–water partition coefficient (Wildman–Crippen LogP) is 1.22. The zero-order valence-corrected chi connectivity index (χ0v) is 10.6. The molecule has 92 valence electrons. The third-order valence-corrected chi connectivity index (χ3v) is 3.82. The molecule has 0 bridgehead atoms. The molecule has 0 aromatic heterocycles. The van der Waals surface area contributed by atoms with Crippen LogP contribution in [0.25, 0.3) is 0 Å². The molecule has 0 radical (unpaired) electrons. The summed E-state index contributed by atoms with van der Waals surface area (Å²) in [5, 5.41) is 0. The van der Waals surface area contributed by atoms with Crippen LogP contribution in [-0.2, 0) is 10.0 Å². The van der Waals surface area contributed by atoms with E-state index in [-0.39, 0.29) is 11.8 Å². The lowest BCUT2D eigenvalue weighted by atomic mass is 10.1. The van der Waals surface area contributed by atoms with Crippen molar-refractivity contribution in [3.05, 3.63) is 0 Å². The molecule has 0 rings (SSSR count). The highest BCUT2D eigenvalue weighted by atomic mass is 32.2. The predicted molar refractivity (Wildman–Crippen MR) is 64.2 cm³/mol. The molecule has 0 aliphatic rings. The second-order valence-electron chi connectivity index (χ2n) is 3.87. The largest absolute Gasteiger partial charge is 0.329 e. The minimum atomic E-state index is -3.12. The van der Waals surface area contributed by atoms with Crippen LogP contribution in [0.1, 0.15) is 46.0 Å². The van der Waals surface area contributed by atoms with Gasteiger partial charge in [-0.2, -0.15) is 0 Å². The van der Waals surface area contributed by atoms with Gasteiger partial charge in [0.05, 0.1) is 5.75 Å². The summed E-state index contributed by atoms with van der Waals surface area (Å²) >= 11 is 0. The normalized spacial score (nSPS) is 14.1.